The van der Waals surface area contributed by atoms with Crippen molar-refractivity contribution in [3.8, 4) is 6.07 Å². The van der Waals surface area contributed by atoms with Crippen LogP contribution in [0, 0.1) is 17.2 Å². The van der Waals surface area contributed by atoms with Crippen LogP contribution >= 0.6 is 11.6 Å². The molecule has 0 aromatic heterocycles. The van der Waals surface area contributed by atoms with Gasteiger partial charge in [0.1, 0.15) is 0 Å². The van der Waals surface area contributed by atoms with E-state index in [0.717, 1.165) is 57.4 Å². The van der Waals surface area contributed by atoms with E-state index in [2.05, 4.69) is 15.9 Å². The second-order valence-corrected chi connectivity index (χ2v) is 6.98. The van der Waals surface area contributed by atoms with Crippen LogP contribution in [0.3, 0.4) is 0 Å². The fourth-order valence-electron chi connectivity index (χ4n) is 3.51. The first kappa shape index (κ1) is 16.7. The number of ether oxygens (including phenoxy) is 1. The summed E-state index contributed by atoms with van der Waals surface area (Å²) in [5.41, 5.74) is 1.79. The fraction of sp³-hybridized carbons (Fsp3) is 0.611. The highest BCUT2D eigenvalue weighted by Gasteiger charge is 2.22. The molecule has 0 spiro atoms. The molecule has 0 amide bonds. The van der Waals surface area contributed by atoms with Crippen LogP contribution in [0.15, 0.2) is 18.2 Å². The SMILES string of the molecule is N#Cc1cc(Cl)ccc1CN1CCC(CN2CCOCC2)CC1. The lowest BCUT2D eigenvalue weighted by Crippen LogP contribution is -2.42. The molecule has 23 heavy (non-hydrogen) atoms. The molecule has 5 heteroatoms. The average molecular weight is 334 g/mol. The molecule has 2 aliphatic rings. The number of hydrogen-bond acceptors (Lipinski definition) is 4. The smallest absolute Gasteiger partial charge is 0.0995 e. The quantitative estimate of drug-likeness (QED) is 0.849. The standard InChI is InChI=1S/C18H24ClN3O/c19-18-2-1-16(17(11-18)12-20)14-21-5-3-15(4-6-21)13-22-7-9-23-10-8-22/h1-2,11,15H,3-10,13-14H2. The minimum atomic E-state index is 0.634. The van der Waals surface area contributed by atoms with Crippen LogP contribution in [0.2, 0.25) is 5.02 Å². The molecule has 2 aliphatic heterocycles. The zero-order valence-electron chi connectivity index (χ0n) is 13.5. The van der Waals surface area contributed by atoms with Gasteiger partial charge in [0, 0.05) is 31.2 Å². The van der Waals surface area contributed by atoms with Crippen LogP contribution < -0.4 is 0 Å². The van der Waals surface area contributed by atoms with E-state index in [1.165, 1.54) is 19.4 Å². The van der Waals surface area contributed by atoms with Gasteiger partial charge in [-0.25, -0.2) is 0 Å². The predicted octanol–water partition coefficient (Wildman–Crippen LogP) is 2.76. The highest BCUT2D eigenvalue weighted by Crippen LogP contribution is 2.22. The minimum Gasteiger partial charge on any atom is -0.379 e. The maximum atomic E-state index is 9.25. The molecule has 3 rings (SSSR count). The van der Waals surface area contributed by atoms with Gasteiger partial charge in [0.2, 0.25) is 0 Å². The Bertz CT molecular complexity index is 558. The van der Waals surface area contributed by atoms with Gasteiger partial charge in [-0.3, -0.25) is 9.80 Å². The topological polar surface area (TPSA) is 39.5 Å². The molecule has 0 atom stereocenters. The molecule has 1 aromatic carbocycles. The van der Waals surface area contributed by atoms with Crippen LogP contribution in [0.25, 0.3) is 0 Å². The van der Waals surface area contributed by atoms with Crippen molar-refractivity contribution in [2.24, 2.45) is 5.92 Å². The number of piperidine rings is 1. The van der Waals surface area contributed by atoms with Crippen molar-refractivity contribution in [1.29, 1.82) is 5.26 Å². The number of morpholine rings is 1. The van der Waals surface area contributed by atoms with E-state index in [0.29, 0.717) is 10.6 Å². The number of benzene rings is 1. The van der Waals surface area contributed by atoms with E-state index in [4.69, 9.17) is 16.3 Å². The summed E-state index contributed by atoms with van der Waals surface area (Å²) in [5.74, 6) is 0.796. The van der Waals surface area contributed by atoms with Crippen molar-refractivity contribution in [1.82, 2.24) is 9.80 Å². The molecular weight excluding hydrogens is 310 g/mol. The van der Waals surface area contributed by atoms with Crippen molar-refractivity contribution in [3.05, 3.63) is 34.3 Å². The molecule has 0 saturated carbocycles. The van der Waals surface area contributed by atoms with Crippen molar-refractivity contribution < 1.29 is 4.74 Å². The van der Waals surface area contributed by atoms with Gasteiger partial charge < -0.3 is 4.74 Å². The lowest BCUT2D eigenvalue weighted by molar-refractivity contribution is 0.0242. The molecule has 124 valence electrons. The van der Waals surface area contributed by atoms with E-state index >= 15 is 0 Å². The van der Waals surface area contributed by atoms with E-state index in [9.17, 15) is 5.26 Å². The Morgan fingerprint density at radius 2 is 1.87 bits per heavy atom. The normalized spacial score (nSPS) is 21.2. The number of nitriles is 1. The summed E-state index contributed by atoms with van der Waals surface area (Å²) in [5, 5.41) is 9.89. The minimum absolute atomic E-state index is 0.634. The molecule has 0 unspecified atom stereocenters. The summed E-state index contributed by atoms with van der Waals surface area (Å²) in [4.78, 5) is 5.00. The molecule has 0 aliphatic carbocycles. The summed E-state index contributed by atoms with van der Waals surface area (Å²) in [6.07, 6.45) is 2.49. The van der Waals surface area contributed by atoms with Crippen molar-refractivity contribution >= 4 is 11.6 Å². The molecule has 2 saturated heterocycles. The summed E-state index contributed by atoms with van der Waals surface area (Å²) in [6.45, 7) is 8.21. The molecule has 2 heterocycles. The Kier molecular flexibility index (Phi) is 5.91. The van der Waals surface area contributed by atoms with Gasteiger partial charge in [-0.05, 0) is 49.5 Å². The monoisotopic (exact) mass is 333 g/mol. The number of nitrogens with zero attached hydrogens (tertiary/aromatic N) is 3. The molecule has 0 radical (unpaired) electrons. The Morgan fingerprint density at radius 1 is 1.13 bits per heavy atom. The summed E-state index contributed by atoms with van der Waals surface area (Å²) < 4.78 is 5.42. The highest BCUT2D eigenvalue weighted by molar-refractivity contribution is 6.30. The molecule has 4 nitrogen and oxygen atoms in total. The lowest BCUT2D eigenvalue weighted by atomic mass is 9.95. The largest absolute Gasteiger partial charge is 0.379 e. The highest BCUT2D eigenvalue weighted by atomic mass is 35.5. The number of likely N-dealkylation sites (tertiary alicyclic amines) is 1. The summed E-state index contributed by atoms with van der Waals surface area (Å²) in [6, 6.07) is 7.89. The van der Waals surface area contributed by atoms with Gasteiger partial charge >= 0.3 is 0 Å². The van der Waals surface area contributed by atoms with Crippen molar-refractivity contribution in [2.75, 3.05) is 45.9 Å². The average Bonchev–Trinajstić information content (AvgIpc) is 2.59. The van der Waals surface area contributed by atoms with Crippen LogP contribution in [-0.2, 0) is 11.3 Å². The first-order valence-corrected chi connectivity index (χ1v) is 8.83. The second-order valence-electron chi connectivity index (χ2n) is 6.55. The zero-order chi connectivity index (χ0) is 16.1. The molecule has 2 fully saturated rings. The zero-order valence-corrected chi connectivity index (χ0v) is 14.3. The van der Waals surface area contributed by atoms with Crippen LogP contribution in [0.5, 0.6) is 0 Å². The fourth-order valence-corrected chi connectivity index (χ4v) is 3.68. The third-order valence-corrected chi connectivity index (χ3v) is 5.15. The van der Waals surface area contributed by atoms with Gasteiger partial charge in [-0.2, -0.15) is 5.26 Å². The Balaban J connectivity index is 1.48. The van der Waals surface area contributed by atoms with E-state index in [1.807, 2.05) is 12.1 Å². The molecule has 0 bridgehead atoms. The maximum Gasteiger partial charge on any atom is 0.0995 e. The van der Waals surface area contributed by atoms with E-state index in [-0.39, 0.29) is 0 Å². The van der Waals surface area contributed by atoms with Gasteiger partial charge in [0.05, 0.1) is 24.8 Å². The summed E-state index contributed by atoms with van der Waals surface area (Å²) >= 11 is 5.97. The van der Waals surface area contributed by atoms with Crippen LogP contribution in [0.4, 0.5) is 0 Å². The maximum absolute atomic E-state index is 9.25. The predicted molar refractivity (Wildman–Crippen MR) is 91.4 cm³/mol. The third kappa shape index (κ3) is 4.68. The van der Waals surface area contributed by atoms with Crippen LogP contribution in [0.1, 0.15) is 24.0 Å². The van der Waals surface area contributed by atoms with Crippen LogP contribution in [-0.4, -0.2) is 55.7 Å². The van der Waals surface area contributed by atoms with Gasteiger partial charge in [-0.15, -0.1) is 0 Å². The Labute approximate surface area is 143 Å². The Morgan fingerprint density at radius 3 is 2.57 bits per heavy atom. The van der Waals surface area contributed by atoms with Gasteiger partial charge in [0.25, 0.3) is 0 Å². The number of rotatable bonds is 4. The molecule has 1 aromatic rings. The first-order valence-electron chi connectivity index (χ1n) is 8.45. The number of halogens is 1. The molecular formula is C18H24ClN3O. The first-order chi connectivity index (χ1) is 11.2. The van der Waals surface area contributed by atoms with E-state index in [1.54, 1.807) is 6.07 Å². The van der Waals surface area contributed by atoms with E-state index < -0.39 is 0 Å². The Hall–Kier alpha value is -1.12. The van der Waals surface area contributed by atoms with Crippen molar-refractivity contribution in [2.45, 2.75) is 19.4 Å². The molecule has 0 N–H and O–H groups in total. The van der Waals surface area contributed by atoms with Gasteiger partial charge in [0.15, 0.2) is 0 Å². The third-order valence-electron chi connectivity index (χ3n) is 4.91. The van der Waals surface area contributed by atoms with Crippen molar-refractivity contribution in [3.63, 3.8) is 0 Å². The number of hydrogen-bond donors (Lipinski definition) is 0. The summed E-state index contributed by atoms with van der Waals surface area (Å²) in [7, 11) is 0. The lowest BCUT2D eigenvalue weighted by Gasteiger charge is -2.36. The van der Waals surface area contributed by atoms with Gasteiger partial charge in [-0.1, -0.05) is 17.7 Å². The second kappa shape index (κ2) is 8.12.